The maximum Gasteiger partial charge on any atom is 0.303 e. The van der Waals surface area contributed by atoms with Crippen LogP contribution >= 0.6 is 0 Å². The lowest BCUT2D eigenvalue weighted by Crippen LogP contribution is -2.47. The summed E-state index contributed by atoms with van der Waals surface area (Å²) in [6.45, 7) is 4.76. The van der Waals surface area contributed by atoms with Crippen molar-refractivity contribution < 1.29 is 19.5 Å². The maximum atomic E-state index is 12.4. The van der Waals surface area contributed by atoms with Gasteiger partial charge in [-0.3, -0.25) is 19.3 Å². The normalized spacial score (nSPS) is 19.5. The summed E-state index contributed by atoms with van der Waals surface area (Å²) in [5.41, 5.74) is 1.25. The van der Waals surface area contributed by atoms with Crippen molar-refractivity contribution in [3.63, 3.8) is 0 Å². The Morgan fingerprint density at radius 2 is 1.96 bits per heavy atom. The van der Waals surface area contributed by atoms with Crippen LogP contribution in [0.2, 0.25) is 0 Å². The molecule has 1 aliphatic heterocycles. The summed E-state index contributed by atoms with van der Waals surface area (Å²) in [5.74, 6) is -0.827. The second-order valence-corrected chi connectivity index (χ2v) is 6.40. The smallest absolute Gasteiger partial charge is 0.303 e. The highest BCUT2D eigenvalue weighted by Crippen LogP contribution is 2.22. The molecular weight excluding hydrogens is 308 g/mol. The number of nitrogens with zero attached hydrogens (tertiary/aromatic N) is 1. The summed E-state index contributed by atoms with van der Waals surface area (Å²) in [6, 6.07) is 6.48. The molecule has 1 aromatic carbocycles. The van der Waals surface area contributed by atoms with Crippen LogP contribution in [-0.4, -0.2) is 46.8 Å². The zero-order valence-corrected chi connectivity index (χ0v) is 14.1. The van der Waals surface area contributed by atoms with Crippen LogP contribution in [0.15, 0.2) is 24.3 Å². The predicted octanol–water partition coefficient (Wildman–Crippen LogP) is 2.40. The fourth-order valence-electron chi connectivity index (χ4n) is 3.06. The Kier molecular flexibility index (Phi) is 6.09. The molecule has 6 heteroatoms. The molecule has 1 amide bonds. The lowest BCUT2D eigenvalue weighted by Gasteiger charge is -2.35. The molecule has 2 rings (SSSR count). The van der Waals surface area contributed by atoms with E-state index in [9.17, 15) is 14.4 Å². The summed E-state index contributed by atoms with van der Waals surface area (Å²) < 4.78 is 0. The van der Waals surface area contributed by atoms with Gasteiger partial charge in [-0.25, -0.2) is 0 Å². The van der Waals surface area contributed by atoms with Gasteiger partial charge in [0.1, 0.15) is 0 Å². The molecule has 24 heavy (non-hydrogen) atoms. The second-order valence-electron chi connectivity index (χ2n) is 6.40. The molecule has 0 radical (unpaired) electrons. The quantitative estimate of drug-likeness (QED) is 0.781. The number of ketones is 1. The van der Waals surface area contributed by atoms with E-state index in [2.05, 4.69) is 5.32 Å². The molecule has 0 spiro atoms. The van der Waals surface area contributed by atoms with Gasteiger partial charge >= 0.3 is 5.97 Å². The number of carbonyl (C=O) groups is 3. The average molecular weight is 332 g/mol. The van der Waals surface area contributed by atoms with Gasteiger partial charge in [0, 0.05) is 24.2 Å². The Morgan fingerprint density at radius 3 is 2.54 bits per heavy atom. The summed E-state index contributed by atoms with van der Waals surface area (Å²) in [7, 11) is 0. The number of carboxylic acids is 1. The topological polar surface area (TPSA) is 86.7 Å². The Balaban J connectivity index is 1.93. The lowest BCUT2D eigenvalue weighted by atomic mass is 9.94. The average Bonchev–Trinajstić information content (AvgIpc) is 2.54. The monoisotopic (exact) mass is 332 g/mol. The Hall–Kier alpha value is -2.21. The largest absolute Gasteiger partial charge is 0.481 e. The molecule has 0 aromatic heterocycles. The Labute approximate surface area is 141 Å². The van der Waals surface area contributed by atoms with Crippen molar-refractivity contribution in [2.24, 2.45) is 5.92 Å². The van der Waals surface area contributed by atoms with E-state index in [1.165, 1.54) is 6.92 Å². The summed E-state index contributed by atoms with van der Waals surface area (Å²) >= 11 is 0. The highest BCUT2D eigenvalue weighted by molar-refractivity contribution is 5.97. The number of carboxylic acid groups (broad SMARTS) is 1. The van der Waals surface area contributed by atoms with Gasteiger partial charge in [0.25, 0.3) is 0 Å². The number of nitrogens with one attached hydrogen (secondary N) is 1. The number of anilines is 1. The number of aliphatic carboxylic acids is 1. The summed E-state index contributed by atoms with van der Waals surface area (Å²) in [4.78, 5) is 36.6. The number of amides is 1. The molecule has 1 fully saturated rings. The second kappa shape index (κ2) is 8.06. The summed E-state index contributed by atoms with van der Waals surface area (Å²) in [5, 5.41) is 11.8. The molecule has 0 saturated carbocycles. The van der Waals surface area contributed by atoms with Crippen molar-refractivity contribution in [3.8, 4) is 0 Å². The molecule has 2 atom stereocenters. The van der Waals surface area contributed by atoms with E-state index in [0.717, 1.165) is 19.4 Å². The number of benzene rings is 1. The molecule has 6 nitrogen and oxygen atoms in total. The van der Waals surface area contributed by atoms with Gasteiger partial charge in [0.2, 0.25) is 5.91 Å². The fraction of sp³-hybridized carbons (Fsp3) is 0.500. The van der Waals surface area contributed by atoms with Crippen molar-refractivity contribution in [2.75, 3.05) is 18.4 Å². The summed E-state index contributed by atoms with van der Waals surface area (Å²) in [6.07, 6.45) is 1.95. The molecule has 2 N–H and O–H groups in total. The molecule has 1 saturated heterocycles. The minimum atomic E-state index is -0.787. The molecule has 1 aliphatic rings. The zero-order chi connectivity index (χ0) is 17.7. The highest BCUT2D eigenvalue weighted by atomic mass is 16.4. The first-order valence-electron chi connectivity index (χ1n) is 8.24. The van der Waals surface area contributed by atoms with E-state index >= 15 is 0 Å². The fourth-order valence-corrected chi connectivity index (χ4v) is 3.06. The van der Waals surface area contributed by atoms with Crippen molar-refractivity contribution >= 4 is 23.3 Å². The van der Waals surface area contributed by atoms with Crippen LogP contribution in [0, 0.1) is 5.92 Å². The van der Waals surface area contributed by atoms with E-state index in [4.69, 9.17) is 5.11 Å². The molecule has 1 heterocycles. The lowest BCUT2D eigenvalue weighted by molar-refractivity contribution is -0.138. The van der Waals surface area contributed by atoms with Crippen molar-refractivity contribution in [1.29, 1.82) is 0 Å². The van der Waals surface area contributed by atoms with Gasteiger partial charge in [-0.2, -0.15) is 0 Å². The molecule has 1 aromatic rings. The number of hydrogen-bond donors (Lipinski definition) is 2. The number of rotatable bonds is 6. The number of likely N-dealkylation sites (tertiary alicyclic amines) is 1. The van der Waals surface area contributed by atoms with Crippen molar-refractivity contribution in [3.05, 3.63) is 29.8 Å². The van der Waals surface area contributed by atoms with Gasteiger partial charge in [-0.05, 0) is 63.4 Å². The number of Topliss-reactive ketones (excluding diaryl/α,β-unsaturated/α-hetero) is 1. The van der Waals surface area contributed by atoms with Crippen molar-refractivity contribution in [1.82, 2.24) is 4.90 Å². The van der Waals surface area contributed by atoms with Crippen LogP contribution < -0.4 is 5.32 Å². The third-order valence-corrected chi connectivity index (χ3v) is 4.50. The number of hydrogen-bond acceptors (Lipinski definition) is 4. The standard InChI is InChI=1S/C18H24N2O4/c1-12(20-9-3-4-14(11-20)10-17(22)23)18(24)19-16-7-5-15(6-8-16)13(2)21/h5-8,12,14H,3-4,9-11H2,1-2H3,(H,19,24)(H,22,23)/t12-,14+/m1/s1. The van der Waals surface area contributed by atoms with Crippen LogP contribution in [0.1, 0.15) is 43.5 Å². The van der Waals surface area contributed by atoms with Crippen LogP contribution in [0.3, 0.4) is 0 Å². The first-order valence-corrected chi connectivity index (χ1v) is 8.24. The zero-order valence-electron chi connectivity index (χ0n) is 14.1. The van der Waals surface area contributed by atoms with Crippen LogP contribution in [0.25, 0.3) is 0 Å². The maximum absolute atomic E-state index is 12.4. The molecule has 0 bridgehead atoms. The van der Waals surface area contributed by atoms with Crippen LogP contribution in [0.5, 0.6) is 0 Å². The predicted molar refractivity (Wildman–Crippen MR) is 91.1 cm³/mol. The highest BCUT2D eigenvalue weighted by Gasteiger charge is 2.28. The van der Waals surface area contributed by atoms with E-state index in [-0.39, 0.29) is 30.1 Å². The van der Waals surface area contributed by atoms with E-state index in [1.807, 2.05) is 11.8 Å². The van der Waals surface area contributed by atoms with Gasteiger partial charge in [0.15, 0.2) is 5.78 Å². The molecule has 130 valence electrons. The third kappa shape index (κ3) is 4.89. The number of carbonyl (C=O) groups excluding carboxylic acids is 2. The first-order chi connectivity index (χ1) is 11.4. The minimum Gasteiger partial charge on any atom is -0.481 e. The Morgan fingerprint density at radius 1 is 1.29 bits per heavy atom. The van der Waals surface area contributed by atoms with Crippen molar-refractivity contribution in [2.45, 2.75) is 39.2 Å². The van der Waals surface area contributed by atoms with E-state index < -0.39 is 5.97 Å². The minimum absolute atomic E-state index is 0.0148. The van der Waals surface area contributed by atoms with Gasteiger partial charge in [-0.15, -0.1) is 0 Å². The SMILES string of the molecule is CC(=O)c1ccc(NC(=O)[C@@H](C)N2CCC[C@@H](CC(=O)O)C2)cc1. The van der Waals surface area contributed by atoms with Gasteiger partial charge in [0.05, 0.1) is 6.04 Å². The van der Waals surface area contributed by atoms with Gasteiger partial charge in [-0.1, -0.05) is 0 Å². The van der Waals surface area contributed by atoms with Crippen LogP contribution in [-0.2, 0) is 9.59 Å². The van der Waals surface area contributed by atoms with E-state index in [1.54, 1.807) is 24.3 Å². The molecular formula is C18H24N2O4. The third-order valence-electron chi connectivity index (χ3n) is 4.50. The van der Waals surface area contributed by atoms with Gasteiger partial charge < -0.3 is 10.4 Å². The molecule has 0 aliphatic carbocycles. The van der Waals surface area contributed by atoms with Crippen LogP contribution in [0.4, 0.5) is 5.69 Å². The first kappa shape index (κ1) is 18.1. The number of piperidine rings is 1. The Bertz CT molecular complexity index is 612. The molecule has 0 unspecified atom stereocenters. The van der Waals surface area contributed by atoms with E-state index in [0.29, 0.717) is 17.8 Å².